The standard InChI is InChI=1S/C22H15F3O2/c23-22(24,25)27-20-13-11-19(12-14-20)21(26)15-8-16-6-9-18(10-7-16)17-4-2-1-3-5-17/h1-15H/b15-8+. The van der Waals surface area contributed by atoms with E-state index in [1.165, 1.54) is 18.2 Å². The lowest BCUT2D eigenvalue weighted by molar-refractivity contribution is -0.274. The molecular weight excluding hydrogens is 353 g/mol. The normalized spacial score (nSPS) is 11.5. The largest absolute Gasteiger partial charge is 0.573 e. The van der Waals surface area contributed by atoms with Crippen molar-refractivity contribution in [1.29, 1.82) is 0 Å². The molecule has 0 radical (unpaired) electrons. The van der Waals surface area contributed by atoms with Crippen LogP contribution in [0.5, 0.6) is 5.75 Å². The summed E-state index contributed by atoms with van der Waals surface area (Å²) in [5.74, 6) is -0.666. The van der Waals surface area contributed by atoms with Gasteiger partial charge in [-0.1, -0.05) is 60.7 Å². The Morgan fingerprint density at radius 3 is 1.96 bits per heavy atom. The molecule has 0 aromatic heterocycles. The van der Waals surface area contributed by atoms with Crippen molar-refractivity contribution in [3.05, 3.63) is 96.1 Å². The Bertz CT molecular complexity index is 926. The van der Waals surface area contributed by atoms with Gasteiger partial charge in [-0.05, 0) is 47.0 Å². The number of carbonyl (C=O) groups is 1. The Morgan fingerprint density at radius 1 is 0.778 bits per heavy atom. The second-order valence-electron chi connectivity index (χ2n) is 5.76. The Morgan fingerprint density at radius 2 is 1.37 bits per heavy atom. The van der Waals surface area contributed by atoms with Crippen LogP contribution in [-0.4, -0.2) is 12.1 Å². The molecule has 0 heterocycles. The van der Waals surface area contributed by atoms with Gasteiger partial charge in [-0.3, -0.25) is 4.79 Å². The van der Waals surface area contributed by atoms with Crippen LogP contribution in [0.3, 0.4) is 0 Å². The van der Waals surface area contributed by atoms with E-state index in [0.717, 1.165) is 28.8 Å². The molecule has 0 saturated heterocycles. The van der Waals surface area contributed by atoms with Crippen LogP contribution in [0.15, 0.2) is 84.9 Å². The summed E-state index contributed by atoms with van der Waals surface area (Å²) in [6.07, 6.45) is -1.70. The Balaban J connectivity index is 1.66. The molecule has 0 aliphatic heterocycles. The van der Waals surface area contributed by atoms with Crippen molar-refractivity contribution in [2.24, 2.45) is 0 Å². The lowest BCUT2D eigenvalue weighted by Gasteiger charge is -2.08. The topological polar surface area (TPSA) is 26.3 Å². The summed E-state index contributed by atoms with van der Waals surface area (Å²) in [7, 11) is 0. The van der Waals surface area contributed by atoms with Crippen molar-refractivity contribution in [2.45, 2.75) is 6.36 Å². The van der Waals surface area contributed by atoms with E-state index < -0.39 is 6.36 Å². The number of hydrogen-bond donors (Lipinski definition) is 0. The van der Waals surface area contributed by atoms with E-state index in [0.29, 0.717) is 0 Å². The van der Waals surface area contributed by atoms with Gasteiger partial charge in [0, 0.05) is 5.56 Å². The van der Waals surface area contributed by atoms with Crippen LogP contribution < -0.4 is 4.74 Å². The van der Waals surface area contributed by atoms with E-state index in [4.69, 9.17) is 0 Å². The average molecular weight is 368 g/mol. The molecule has 0 N–H and O–H groups in total. The predicted octanol–water partition coefficient (Wildman–Crippen LogP) is 6.15. The molecule has 0 atom stereocenters. The maximum absolute atomic E-state index is 12.2. The number of allylic oxidation sites excluding steroid dienone is 1. The first-order valence-corrected chi connectivity index (χ1v) is 8.14. The van der Waals surface area contributed by atoms with Crippen LogP contribution in [-0.2, 0) is 0 Å². The van der Waals surface area contributed by atoms with E-state index in [-0.39, 0.29) is 17.1 Å². The maximum atomic E-state index is 12.2. The third-order valence-electron chi connectivity index (χ3n) is 3.82. The molecule has 27 heavy (non-hydrogen) atoms. The number of rotatable bonds is 5. The van der Waals surface area contributed by atoms with Crippen molar-refractivity contribution < 1.29 is 22.7 Å². The van der Waals surface area contributed by atoms with Gasteiger partial charge in [-0.2, -0.15) is 0 Å². The molecular formula is C22H15F3O2. The molecule has 0 unspecified atom stereocenters. The predicted molar refractivity (Wildman–Crippen MR) is 98.4 cm³/mol. The summed E-state index contributed by atoms with van der Waals surface area (Å²) >= 11 is 0. The molecule has 0 fully saturated rings. The summed E-state index contributed by atoms with van der Waals surface area (Å²) in [5, 5.41) is 0. The van der Waals surface area contributed by atoms with E-state index in [1.54, 1.807) is 6.08 Å². The Hall–Kier alpha value is -3.34. The van der Waals surface area contributed by atoms with Crippen LogP contribution in [0, 0.1) is 0 Å². The fraction of sp³-hybridized carbons (Fsp3) is 0.0455. The monoisotopic (exact) mass is 368 g/mol. The molecule has 2 nitrogen and oxygen atoms in total. The van der Waals surface area contributed by atoms with Gasteiger partial charge in [-0.25, -0.2) is 0 Å². The minimum absolute atomic E-state index is 0.279. The smallest absolute Gasteiger partial charge is 0.406 e. The molecule has 136 valence electrons. The van der Waals surface area contributed by atoms with Gasteiger partial charge in [0.2, 0.25) is 0 Å². The second kappa shape index (κ2) is 7.91. The van der Waals surface area contributed by atoms with Crippen LogP contribution in [0.4, 0.5) is 13.2 Å². The highest BCUT2D eigenvalue weighted by Crippen LogP contribution is 2.23. The van der Waals surface area contributed by atoms with E-state index in [1.807, 2.05) is 54.6 Å². The highest BCUT2D eigenvalue weighted by Gasteiger charge is 2.30. The Kier molecular flexibility index (Phi) is 5.41. The van der Waals surface area contributed by atoms with E-state index in [2.05, 4.69) is 4.74 Å². The molecule has 0 aliphatic rings. The quantitative estimate of drug-likeness (QED) is 0.399. The zero-order valence-corrected chi connectivity index (χ0v) is 14.1. The van der Waals surface area contributed by atoms with Crippen LogP contribution >= 0.6 is 0 Å². The number of halogens is 3. The van der Waals surface area contributed by atoms with Gasteiger partial charge in [0.1, 0.15) is 5.75 Å². The van der Waals surface area contributed by atoms with Gasteiger partial charge < -0.3 is 4.74 Å². The number of alkyl halides is 3. The zero-order valence-electron chi connectivity index (χ0n) is 14.1. The number of ketones is 1. The van der Waals surface area contributed by atoms with Gasteiger partial charge in [-0.15, -0.1) is 13.2 Å². The minimum Gasteiger partial charge on any atom is -0.406 e. The van der Waals surface area contributed by atoms with Gasteiger partial charge in [0.15, 0.2) is 5.78 Å². The summed E-state index contributed by atoms with van der Waals surface area (Å²) < 4.78 is 40.2. The van der Waals surface area contributed by atoms with E-state index >= 15 is 0 Å². The van der Waals surface area contributed by atoms with Crippen LogP contribution in [0.25, 0.3) is 17.2 Å². The first kappa shape index (κ1) is 18.5. The molecule has 0 saturated carbocycles. The van der Waals surface area contributed by atoms with Gasteiger partial charge in [0.25, 0.3) is 0 Å². The molecule has 5 heteroatoms. The molecule has 0 bridgehead atoms. The number of benzene rings is 3. The second-order valence-corrected chi connectivity index (χ2v) is 5.76. The van der Waals surface area contributed by atoms with E-state index in [9.17, 15) is 18.0 Å². The summed E-state index contributed by atoms with van der Waals surface area (Å²) in [5.41, 5.74) is 3.30. The Labute approximate surface area is 154 Å². The molecule has 3 aromatic carbocycles. The van der Waals surface area contributed by atoms with Crippen molar-refractivity contribution >= 4 is 11.9 Å². The number of hydrogen-bond acceptors (Lipinski definition) is 2. The van der Waals surface area contributed by atoms with Gasteiger partial charge in [0.05, 0.1) is 0 Å². The third-order valence-corrected chi connectivity index (χ3v) is 3.82. The van der Waals surface area contributed by atoms with Crippen molar-refractivity contribution in [1.82, 2.24) is 0 Å². The first-order chi connectivity index (χ1) is 12.9. The maximum Gasteiger partial charge on any atom is 0.573 e. The molecule has 0 spiro atoms. The third kappa shape index (κ3) is 5.31. The summed E-state index contributed by atoms with van der Waals surface area (Å²) in [6.45, 7) is 0. The molecule has 3 aromatic rings. The first-order valence-electron chi connectivity index (χ1n) is 8.14. The molecule has 0 aliphatic carbocycles. The number of carbonyl (C=O) groups excluding carboxylic acids is 1. The van der Waals surface area contributed by atoms with Crippen LogP contribution in [0.2, 0.25) is 0 Å². The fourth-order valence-corrected chi connectivity index (χ4v) is 2.51. The van der Waals surface area contributed by atoms with Crippen molar-refractivity contribution in [2.75, 3.05) is 0 Å². The number of ether oxygens (including phenoxy) is 1. The van der Waals surface area contributed by atoms with Gasteiger partial charge >= 0.3 is 6.36 Å². The highest BCUT2D eigenvalue weighted by molar-refractivity contribution is 6.06. The average Bonchev–Trinajstić information content (AvgIpc) is 2.66. The summed E-state index contributed by atoms with van der Waals surface area (Å²) in [6, 6.07) is 22.4. The van der Waals surface area contributed by atoms with Crippen LogP contribution in [0.1, 0.15) is 15.9 Å². The van der Waals surface area contributed by atoms with Crippen molar-refractivity contribution in [3.8, 4) is 16.9 Å². The molecule has 0 amide bonds. The van der Waals surface area contributed by atoms with Crippen molar-refractivity contribution in [3.63, 3.8) is 0 Å². The minimum atomic E-state index is -4.75. The molecule has 3 rings (SSSR count). The zero-order chi connectivity index (χ0) is 19.3. The summed E-state index contributed by atoms with van der Waals surface area (Å²) in [4.78, 5) is 12.2. The fourth-order valence-electron chi connectivity index (χ4n) is 2.51. The highest BCUT2D eigenvalue weighted by atomic mass is 19.4. The lowest BCUT2D eigenvalue weighted by Crippen LogP contribution is -2.17. The SMILES string of the molecule is O=C(/C=C/c1ccc(-c2ccccc2)cc1)c1ccc(OC(F)(F)F)cc1. The lowest BCUT2D eigenvalue weighted by atomic mass is 10.0.